The number of hydrogen-bond acceptors (Lipinski definition) is 1. The zero-order valence-corrected chi connectivity index (χ0v) is 11.5. The van der Waals surface area contributed by atoms with Crippen molar-refractivity contribution in [2.45, 2.75) is 20.8 Å². The van der Waals surface area contributed by atoms with Crippen LogP contribution >= 0.6 is 11.6 Å². The highest BCUT2D eigenvalue weighted by Gasteiger charge is 2.09. The highest BCUT2D eigenvalue weighted by molar-refractivity contribution is 6.30. The maximum atomic E-state index is 10.9. The van der Waals surface area contributed by atoms with Gasteiger partial charge < -0.3 is 0 Å². The Morgan fingerprint density at radius 1 is 0.889 bits per heavy atom. The second-order valence-electron chi connectivity index (χ2n) is 4.60. The minimum Gasteiger partial charge on any atom is -0.298 e. The van der Waals surface area contributed by atoms with E-state index in [-0.39, 0.29) is 0 Å². The molecule has 2 rings (SSSR count). The van der Waals surface area contributed by atoms with Crippen LogP contribution in [0.2, 0.25) is 5.02 Å². The molecular weight excluding hydrogens is 244 g/mol. The monoisotopic (exact) mass is 258 g/mol. The van der Waals surface area contributed by atoms with Gasteiger partial charge in [-0.05, 0) is 66.8 Å². The van der Waals surface area contributed by atoms with E-state index in [0.29, 0.717) is 0 Å². The van der Waals surface area contributed by atoms with Gasteiger partial charge in [-0.3, -0.25) is 4.79 Å². The van der Waals surface area contributed by atoms with Crippen LogP contribution in [0.4, 0.5) is 0 Å². The second-order valence-corrected chi connectivity index (χ2v) is 5.04. The Hall–Kier alpha value is -1.60. The lowest BCUT2D eigenvalue weighted by Crippen LogP contribution is -1.93. The molecule has 0 saturated heterocycles. The third kappa shape index (κ3) is 2.32. The van der Waals surface area contributed by atoms with E-state index in [2.05, 4.69) is 13.0 Å². The predicted octanol–water partition coefficient (Wildman–Crippen LogP) is 4.74. The van der Waals surface area contributed by atoms with Crippen LogP contribution in [0.3, 0.4) is 0 Å². The molecule has 0 saturated carbocycles. The number of halogens is 1. The molecule has 0 bridgehead atoms. The Morgan fingerprint density at radius 2 is 1.56 bits per heavy atom. The van der Waals surface area contributed by atoms with E-state index in [4.69, 9.17) is 11.6 Å². The molecule has 0 unspecified atom stereocenters. The Balaban J connectivity index is 2.67. The van der Waals surface area contributed by atoms with Crippen molar-refractivity contribution in [2.75, 3.05) is 0 Å². The molecule has 92 valence electrons. The first-order valence-electron chi connectivity index (χ1n) is 5.86. The number of aryl methyl sites for hydroxylation is 3. The SMILES string of the molecule is Cc1cc(-c2cc(Cl)ccc2C)c(C)cc1C=O. The molecule has 0 fully saturated rings. The fourth-order valence-electron chi connectivity index (χ4n) is 2.14. The van der Waals surface area contributed by atoms with Crippen LogP contribution in [0.25, 0.3) is 11.1 Å². The summed E-state index contributed by atoms with van der Waals surface area (Å²) in [6, 6.07) is 9.86. The van der Waals surface area contributed by atoms with Gasteiger partial charge in [0, 0.05) is 10.6 Å². The van der Waals surface area contributed by atoms with Gasteiger partial charge in [0.05, 0.1) is 0 Å². The van der Waals surface area contributed by atoms with Crippen molar-refractivity contribution in [3.05, 3.63) is 57.6 Å². The van der Waals surface area contributed by atoms with Crippen molar-refractivity contribution in [2.24, 2.45) is 0 Å². The van der Waals surface area contributed by atoms with E-state index < -0.39 is 0 Å². The van der Waals surface area contributed by atoms with E-state index in [1.807, 2.05) is 38.1 Å². The van der Waals surface area contributed by atoms with Gasteiger partial charge in [-0.15, -0.1) is 0 Å². The number of rotatable bonds is 2. The first-order chi connectivity index (χ1) is 8.52. The van der Waals surface area contributed by atoms with Gasteiger partial charge in [-0.25, -0.2) is 0 Å². The molecule has 0 aliphatic carbocycles. The van der Waals surface area contributed by atoms with Gasteiger partial charge in [0.15, 0.2) is 0 Å². The summed E-state index contributed by atoms with van der Waals surface area (Å²) in [5.74, 6) is 0. The normalized spacial score (nSPS) is 10.4. The molecule has 0 heterocycles. The molecule has 0 atom stereocenters. The Kier molecular flexibility index (Phi) is 3.53. The van der Waals surface area contributed by atoms with Crippen molar-refractivity contribution in [3.8, 4) is 11.1 Å². The quantitative estimate of drug-likeness (QED) is 0.711. The summed E-state index contributed by atoms with van der Waals surface area (Å²) in [5.41, 5.74) is 6.27. The van der Waals surface area contributed by atoms with Gasteiger partial charge in [-0.1, -0.05) is 23.7 Å². The molecule has 0 amide bonds. The summed E-state index contributed by atoms with van der Waals surface area (Å²) >= 11 is 6.06. The molecule has 18 heavy (non-hydrogen) atoms. The van der Waals surface area contributed by atoms with Crippen LogP contribution in [0.1, 0.15) is 27.0 Å². The lowest BCUT2D eigenvalue weighted by molar-refractivity contribution is 0.112. The van der Waals surface area contributed by atoms with Crippen LogP contribution in [0, 0.1) is 20.8 Å². The second kappa shape index (κ2) is 4.95. The van der Waals surface area contributed by atoms with Crippen LogP contribution < -0.4 is 0 Å². The maximum absolute atomic E-state index is 10.9. The summed E-state index contributed by atoms with van der Waals surface area (Å²) in [6.45, 7) is 6.03. The highest BCUT2D eigenvalue weighted by atomic mass is 35.5. The van der Waals surface area contributed by atoms with E-state index in [9.17, 15) is 4.79 Å². The molecule has 0 aliphatic heterocycles. The molecule has 2 aromatic carbocycles. The number of benzene rings is 2. The van der Waals surface area contributed by atoms with E-state index in [1.165, 1.54) is 5.56 Å². The summed E-state index contributed by atoms with van der Waals surface area (Å²) in [6.07, 6.45) is 0.900. The smallest absolute Gasteiger partial charge is 0.150 e. The van der Waals surface area contributed by atoms with Gasteiger partial charge in [0.25, 0.3) is 0 Å². The van der Waals surface area contributed by atoms with E-state index >= 15 is 0 Å². The van der Waals surface area contributed by atoms with Crippen LogP contribution in [-0.2, 0) is 0 Å². The third-order valence-corrected chi connectivity index (χ3v) is 3.46. The van der Waals surface area contributed by atoms with Crippen molar-refractivity contribution >= 4 is 17.9 Å². The number of aldehydes is 1. The summed E-state index contributed by atoms with van der Waals surface area (Å²) < 4.78 is 0. The Morgan fingerprint density at radius 3 is 2.22 bits per heavy atom. The van der Waals surface area contributed by atoms with E-state index in [0.717, 1.165) is 39.1 Å². The molecule has 1 nitrogen and oxygen atoms in total. The van der Waals surface area contributed by atoms with Gasteiger partial charge in [0.1, 0.15) is 6.29 Å². The molecule has 0 aliphatic rings. The number of carbonyl (C=O) groups is 1. The summed E-state index contributed by atoms with van der Waals surface area (Å²) in [5, 5.41) is 0.729. The lowest BCUT2D eigenvalue weighted by atomic mass is 9.93. The standard InChI is InChI=1S/C16H15ClO/c1-10-4-5-14(17)8-16(10)15-7-11(2)13(9-18)6-12(15)3/h4-9H,1-3H3. The zero-order chi connectivity index (χ0) is 13.3. The average Bonchev–Trinajstić information content (AvgIpc) is 2.35. The molecule has 0 radical (unpaired) electrons. The summed E-state index contributed by atoms with van der Waals surface area (Å²) in [7, 11) is 0. The van der Waals surface area contributed by atoms with Crippen LogP contribution in [0.5, 0.6) is 0 Å². The third-order valence-electron chi connectivity index (χ3n) is 3.23. The molecule has 0 N–H and O–H groups in total. The van der Waals surface area contributed by atoms with Crippen LogP contribution in [0.15, 0.2) is 30.3 Å². The molecular formula is C16H15ClO. The van der Waals surface area contributed by atoms with E-state index in [1.54, 1.807) is 0 Å². The Bertz CT molecular complexity index is 615. The fraction of sp³-hybridized carbons (Fsp3) is 0.188. The summed E-state index contributed by atoms with van der Waals surface area (Å²) in [4.78, 5) is 10.9. The Labute approximate surface area is 112 Å². The van der Waals surface area contributed by atoms with Crippen molar-refractivity contribution in [3.63, 3.8) is 0 Å². The molecule has 2 aromatic rings. The molecule has 0 aromatic heterocycles. The highest BCUT2D eigenvalue weighted by Crippen LogP contribution is 2.30. The van der Waals surface area contributed by atoms with Crippen molar-refractivity contribution in [1.29, 1.82) is 0 Å². The number of carbonyl (C=O) groups excluding carboxylic acids is 1. The van der Waals surface area contributed by atoms with Crippen molar-refractivity contribution in [1.82, 2.24) is 0 Å². The topological polar surface area (TPSA) is 17.1 Å². The average molecular weight is 259 g/mol. The lowest BCUT2D eigenvalue weighted by Gasteiger charge is -2.12. The fourth-order valence-corrected chi connectivity index (χ4v) is 2.31. The molecule has 2 heteroatoms. The van der Waals surface area contributed by atoms with Crippen LogP contribution in [-0.4, -0.2) is 6.29 Å². The van der Waals surface area contributed by atoms with Gasteiger partial charge in [-0.2, -0.15) is 0 Å². The van der Waals surface area contributed by atoms with Gasteiger partial charge in [0.2, 0.25) is 0 Å². The number of hydrogen-bond donors (Lipinski definition) is 0. The molecule has 0 spiro atoms. The predicted molar refractivity (Wildman–Crippen MR) is 76.5 cm³/mol. The zero-order valence-electron chi connectivity index (χ0n) is 10.8. The van der Waals surface area contributed by atoms with Gasteiger partial charge >= 0.3 is 0 Å². The maximum Gasteiger partial charge on any atom is 0.150 e. The minimum absolute atomic E-state index is 0.729. The first-order valence-corrected chi connectivity index (χ1v) is 6.23. The minimum atomic E-state index is 0.729. The first kappa shape index (κ1) is 12.8. The largest absolute Gasteiger partial charge is 0.298 e. The van der Waals surface area contributed by atoms with Crippen molar-refractivity contribution < 1.29 is 4.79 Å².